The van der Waals surface area contributed by atoms with Gasteiger partial charge in [0.2, 0.25) is 0 Å². The molecule has 2 heterocycles. The molecule has 1 radical (unpaired) electrons. The van der Waals surface area contributed by atoms with E-state index in [9.17, 15) is 0 Å². The van der Waals surface area contributed by atoms with Gasteiger partial charge in [-0.15, -0.1) is 0 Å². The van der Waals surface area contributed by atoms with Crippen LogP contribution in [0, 0.1) is 18.3 Å². The molecule has 4 rings (SSSR count). The molecular weight excluding hydrogens is 423 g/mol. The first kappa shape index (κ1) is 19.2. The third kappa shape index (κ3) is 4.04. The fraction of sp³-hybridized carbons (Fsp3) is 0.174. The quantitative estimate of drug-likeness (QED) is 0.426. The number of benzene rings is 2. The Morgan fingerprint density at radius 3 is 2.79 bits per heavy atom. The normalized spacial score (nSPS) is 11.2. The molecule has 6 heteroatoms. The van der Waals surface area contributed by atoms with E-state index in [1.807, 2.05) is 12.1 Å². The van der Waals surface area contributed by atoms with Gasteiger partial charge in [0.1, 0.15) is 0 Å². The van der Waals surface area contributed by atoms with Crippen LogP contribution in [0.25, 0.3) is 22.2 Å². The van der Waals surface area contributed by atoms with Gasteiger partial charge in [-0.25, -0.2) is 0 Å². The van der Waals surface area contributed by atoms with Crippen molar-refractivity contribution in [3.8, 4) is 23.1 Å². The fourth-order valence-electron chi connectivity index (χ4n) is 3.44. The van der Waals surface area contributed by atoms with Crippen LogP contribution in [-0.2, 0) is 6.54 Å². The Hall–Kier alpha value is -3.09. The van der Waals surface area contributed by atoms with E-state index < -0.39 is 0 Å². The Kier molecular flexibility index (Phi) is 5.64. The number of aryl methyl sites for hydroxylation is 2. The van der Waals surface area contributed by atoms with Crippen LogP contribution in [0.2, 0.25) is 5.21 Å². The van der Waals surface area contributed by atoms with Gasteiger partial charge in [0.05, 0.1) is 0 Å². The van der Waals surface area contributed by atoms with Crippen LogP contribution in [0.3, 0.4) is 0 Å². The SMILES string of the molecule is COc1cc(-c2cc([As]CCn3c(C)cc4ccccc43)ncn2)ccc1C#N. The summed E-state index contributed by atoms with van der Waals surface area (Å²) in [7, 11) is 1.57. The Bertz CT molecular complexity index is 1210. The predicted molar refractivity (Wildman–Crippen MR) is 116 cm³/mol. The van der Waals surface area contributed by atoms with Gasteiger partial charge >= 0.3 is 177 Å². The third-order valence-electron chi connectivity index (χ3n) is 4.89. The Morgan fingerprint density at radius 1 is 1.10 bits per heavy atom. The van der Waals surface area contributed by atoms with Gasteiger partial charge in [0.15, 0.2) is 0 Å². The first-order chi connectivity index (χ1) is 14.2. The van der Waals surface area contributed by atoms with Crippen LogP contribution in [-0.4, -0.2) is 37.4 Å². The molecule has 0 N–H and O–H groups in total. The number of rotatable bonds is 6. The van der Waals surface area contributed by atoms with E-state index in [0.717, 1.165) is 27.5 Å². The second-order valence-electron chi connectivity index (χ2n) is 6.67. The van der Waals surface area contributed by atoms with E-state index in [4.69, 9.17) is 10.00 Å². The van der Waals surface area contributed by atoms with E-state index in [1.165, 1.54) is 16.6 Å². The molecule has 5 nitrogen and oxygen atoms in total. The summed E-state index contributed by atoms with van der Waals surface area (Å²) >= 11 is -0.0716. The summed E-state index contributed by atoms with van der Waals surface area (Å²) in [4.78, 5) is 8.90. The first-order valence-electron chi connectivity index (χ1n) is 9.32. The van der Waals surface area contributed by atoms with Crippen molar-refractivity contribution in [2.45, 2.75) is 18.7 Å². The van der Waals surface area contributed by atoms with Gasteiger partial charge in [-0.3, -0.25) is 0 Å². The van der Waals surface area contributed by atoms with Crippen molar-refractivity contribution in [1.29, 1.82) is 5.26 Å². The van der Waals surface area contributed by atoms with Gasteiger partial charge in [0.25, 0.3) is 0 Å². The molecule has 0 unspecified atom stereocenters. The zero-order valence-electron chi connectivity index (χ0n) is 16.3. The van der Waals surface area contributed by atoms with Crippen LogP contribution >= 0.6 is 0 Å². The molecular formula is C23H20AsN4O. The summed E-state index contributed by atoms with van der Waals surface area (Å²) in [5.41, 5.74) is 4.89. The molecule has 0 saturated carbocycles. The van der Waals surface area contributed by atoms with E-state index in [0.29, 0.717) is 11.3 Å². The van der Waals surface area contributed by atoms with Gasteiger partial charge < -0.3 is 0 Å². The second-order valence-corrected chi connectivity index (χ2v) is 9.23. The molecule has 0 atom stereocenters. The summed E-state index contributed by atoms with van der Waals surface area (Å²) in [5.74, 6) is 0.563. The summed E-state index contributed by atoms with van der Waals surface area (Å²) in [6.45, 7) is 3.15. The van der Waals surface area contributed by atoms with Crippen molar-refractivity contribution in [1.82, 2.24) is 14.5 Å². The van der Waals surface area contributed by atoms with E-state index in [2.05, 4.69) is 63.9 Å². The number of hydrogen-bond donors (Lipinski definition) is 0. The number of ether oxygens (including phenoxy) is 1. The van der Waals surface area contributed by atoms with Gasteiger partial charge in [0, 0.05) is 0 Å². The first-order valence-corrected chi connectivity index (χ1v) is 11.6. The number of nitriles is 1. The van der Waals surface area contributed by atoms with Crippen molar-refractivity contribution in [2.75, 3.05) is 7.11 Å². The Labute approximate surface area is 176 Å². The Morgan fingerprint density at radius 2 is 1.97 bits per heavy atom. The van der Waals surface area contributed by atoms with Gasteiger partial charge in [-0.2, -0.15) is 0 Å². The summed E-state index contributed by atoms with van der Waals surface area (Å²) < 4.78 is 8.81. The summed E-state index contributed by atoms with van der Waals surface area (Å²) in [6.07, 6.45) is 1.63. The van der Waals surface area contributed by atoms with Crippen molar-refractivity contribution in [3.63, 3.8) is 0 Å². The molecule has 0 amide bonds. The molecule has 0 spiro atoms. The molecule has 2 aromatic heterocycles. The van der Waals surface area contributed by atoms with Crippen molar-refractivity contribution in [2.24, 2.45) is 0 Å². The number of aromatic nitrogens is 3. The van der Waals surface area contributed by atoms with Crippen LogP contribution in [0.5, 0.6) is 5.75 Å². The molecule has 0 aliphatic carbocycles. The zero-order chi connectivity index (χ0) is 20.2. The molecule has 0 fully saturated rings. The molecule has 143 valence electrons. The average molecular weight is 443 g/mol. The van der Waals surface area contributed by atoms with Crippen LogP contribution in [0.1, 0.15) is 11.3 Å². The number of methoxy groups -OCH3 is 1. The number of nitrogens with zero attached hydrogens (tertiary/aromatic N) is 4. The Balaban J connectivity index is 1.50. The molecule has 0 aliphatic rings. The molecule has 29 heavy (non-hydrogen) atoms. The minimum absolute atomic E-state index is 0.0716. The standard InChI is InChI=1S/C23H20AsN4O/c1-16-11-18-5-3-4-6-21(18)28(16)10-9-24-23-13-20(26-15-27-23)17-7-8-19(14-25)22(12-17)29-2/h3-8,11-13,15H,9-10H2,1-2H3. The zero-order valence-corrected chi connectivity index (χ0v) is 18.2. The molecule has 2 aromatic carbocycles. The second kappa shape index (κ2) is 8.51. The molecule has 0 aliphatic heterocycles. The molecule has 4 aromatic rings. The number of hydrogen-bond acceptors (Lipinski definition) is 4. The van der Waals surface area contributed by atoms with Gasteiger partial charge in [-0.1, -0.05) is 0 Å². The monoisotopic (exact) mass is 443 g/mol. The summed E-state index contributed by atoms with van der Waals surface area (Å²) in [6, 6.07) is 20.5. The van der Waals surface area contributed by atoms with Crippen molar-refractivity contribution in [3.05, 3.63) is 72.2 Å². The minimum atomic E-state index is -0.0716. The van der Waals surface area contributed by atoms with Crippen LogP contribution < -0.4 is 9.22 Å². The fourth-order valence-corrected chi connectivity index (χ4v) is 5.28. The average Bonchev–Trinajstić information content (AvgIpc) is 3.08. The molecule has 0 bridgehead atoms. The van der Waals surface area contributed by atoms with Crippen LogP contribution in [0.15, 0.2) is 60.9 Å². The third-order valence-corrected chi connectivity index (χ3v) is 6.97. The maximum absolute atomic E-state index is 9.16. The van der Waals surface area contributed by atoms with Crippen molar-refractivity contribution >= 4 is 31.1 Å². The van der Waals surface area contributed by atoms with Crippen LogP contribution in [0.4, 0.5) is 0 Å². The van der Waals surface area contributed by atoms with Crippen molar-refractivity contribution < 1.29 is 4.74 Å². The number of fused-ring (bicyclic) bond motifs is 1. The van der Waals surface area contributed by atoms with E-state index in [-0.39, 0.29) is 15.8 Å². The summed E-state index contributed by atoms with van der Waals surface area (Å²) in [5, 5.41) is 11.5. The molecule has 0 saturated heterocycles. The van der Waals surface area contributed by atoms with E-state index in [1.54, 1.807) is 19.5 Å². The van der Waals surface area contributed by atoms with E-state index >= 15 is 0 Å². The number of para-hydroxylation sites is 1. The maximum atomic E-state index is 9.16. The predicted octanol–water partition coefficient (Wildman–Crippen LogP) is 3.74. The topological polar surface area (TPSA) is 63.7 Å². The van der Waals surface area contributed by atoms with Gasteiger partial charge in [-0.05, 0) is 0 Å².